The van der Waals surface area contributed by atoms with E-state index in [-0.39, 0.29) is 17.8 Å². The minimum atomic E-state index is -0.299. The Labute approximate surface area is 136 Å². The van der Waals surface area contributed by atoms with Crippen molar-refractivity contribution < 1.29 is 14.3 Å². The van der Waals surface area contributed by atoms with Crippen LogP contribution in [0.15, 0.2) is 41.7 Å². The molecule has 1 aromatic rings. The summed E-state index contributed by atoms with van der Waals surface area (Å²) >= 11 is 0. The number of nitrogens with zero attached hydrogens (tertiary/aromatic N) is 2. The van der Waals surface area contributed by atoms with Gasteiger partial charge in [0.25, 0.3) is 0 Å². The van der Waals surface area contributed by atoms with E-state index in [0.717, 1.165) is 17.9 Å². The van der Waals surface area contributed by atoms with Crippen LogP contribution in [0.5, 0.6) is 0 Å². The molecule has 0 bridgehead atoms. The van der Waals surface area contributed by atoms with Gasteiger partial charge in [0.1, 0.15) is 5.82 Å². The van der Waals surface area contributed by atoms with Crippen LogP contribution in [0, 0.1) is 5.92 Å². The Morgan fingerprint density at radius 3 is 2.70 bits per heavy atom. The van der Waals surface area contributed by atoms with Gasteiger partial charge in [0.05, 0.1) is 12.2 Å². The normalized spacial score (nSPS) is 20.8. The van der Waals surface area contributed by atoms with E-state index in [1.165, 1.54) is 0 Å². The van der Waals surface area contributed by atoms with Crippen LogP contribution in [0.1, 0.15) is 25.8 Å². The van der Waals surface area contributed by atoms with Crippen LogP contribution < -0.4 is 0 Å². The third-order valence-electron chi connectivity index (χ3n) is 4.38. The van der Waals surface area contributed by atoms with Crippen LogP contribution >= 0.6 is 0 Å². The number of amides is 1. The Balaban J connectivity index is 1.96. The number of hydrogen-bond acceptors (Lipinski definition) is 4. The lowest BCUT2D eigenvalue weighted by Crippen LogP contribution is -2.39. The average Bonchev–Trinajstić information content (AvgIpc) is 2.93. The number of esters is 1. The summed E-state index contributed by atoms with van der Waals surface area (Å²) in [5.74, 6) is 0.434. The van der Waals surface area contributed by atoms with Gasteiger partial charge in [-0.05, 0) is 12.5 Å². The highest BCUT2D eigenvalue weighted by Gasteiger charge is 2.41. The molecule has 23 heavy (non-hydrogen) atoms. The highest BCUT2D eigenvalue weighted by atomic mass is 16.5. The summed E-state index contributed by atoms with van der Waals surface area (Å²) in [4.78, 5) is 28.6. The summed E-state index contributed by atoms with van der Waals surface area (Å²) in [5, 5.41) is 0. The lowest BCUT2D eigenvalue weighted by molar-refractivity contribution is -0.140. The molecule has 1 unspecified atom stereocenters. The quantitative estimate of drug-likeness (QED) is 0.799. The third-order valence-corrected chi connectivity index (χ3v) is 4.38. The van der Waals surface area contributed by atoms with Crippen molar-refractivity contribution in [2.75, 3.05) is 19.7 Å². The van der Waals surface area contributed by atoms with Gasteiger partial charge in [-0.2, -0.15) is 0 Å². The molecule has 1 amide bonds. The topological polar surface area (TPSA) is 49.9 Å². The van der Waals surface area contributed by atoms with E-state index in [4.69, 9.17) is 4.74 Å². The molecule has 0 aliphatic carbocycles. The summed E-state index contributed by atoms with van der Waals surface area (Å²) in [6.45, 7) is 6.14. The first kappa shape index (κ1) is 15.6. The van der Waals surface area contributed by atoms with E-state index in [9.17, 15) is 9.59 Å². The molecule has 5 heteroatoms. The molecule has 0 saturated carbocycles. The molecule has 0 spiro atoms. The van der Waals surface area contributed by atoms with Gasteiger partial charge in [0, 0.05) is 32.0 Å². The summed E-state index contributed by atoms with van der Waals surface area (Å²) in [6.07, 6.45) is 0.372. The molecule has 0 aromatic heterocycles. The number of benzene rings is 1. The maximum Gasteiger partial charge on any atom is 0.337 e. The van der Waals surface area contributed by atoms with Gasteiger partial charge >= 0.3 is 5.97 Å². The van der Waals surface area contributed by atoms with Crippen molar-refractivity contribution in [1.29, 1.82) is 0 Å². The fourth-order valence-electron chi connectivity index (χ4n) is 3.32. The molecule has 3 rings (SSSR count). The zero-order chi connectivity index (χ0) is 16.4. The summed E-state index contributed by atoms with van der Waals surface area (Å²) in [5.41, 5.74) is 1.80. The van der Waals surface area contributed by atoms with Gasteiger partial charge < -0.3 is 9.64 Å². The molecule has 122 valence electrons. The predicted molar refractivity (Wildman–Crippen MR) is 86.0 cm³/mol. The van der Waals surface area contributed by atoms with Crippen molar-refractivity contribution in [3.8, 4) is 0 Å². The SMILES string of the molecule is CCOC(=O)C1=C2N(Cc3ccccc3)CCN2C(=O)CC1C. The fourth-order valence-corrected chi connectivity index (χ4v) is 3.32. The largest absolute Gasteiger partial charge is 0.463 e. The Bertz CT molecular complexity index is 639. The van der Waals surface area contributed by atoms with E-state index < -0.39 is 0 Å². The Morgan fingerprint density at radius 1 is 1.26 bits per heavy atom. The van der Waals surface area contributed by atoms with Crippen molar-refractivity contribution in [2.45, 2.75) is 26.8 Å². The Hall–Kier alpha value is -2.30. The molecule has 1 fully saturated rings. The van der Waals surface area contributed by atoms with Gasteiger partial charge in [-0.25, -0.2) is 4.79 Å². The number of fused-ring (bicyclic) bond motifs is 1. The van der Waals surface area contributed by atoms with Gasteiger partial charge in [0.15, 0.2) is 0 Å². The summed E-state index contributed by atoms with van der Waals surface area (Å²) < 4.78 is 5.23. The molecule has 2 aliphatic heterocycles. The minimum Gasteiger partial charge on any atom is -0.463 e. The fraction of sp³-hybridized carbons (Fsp3) is 0.444. The monoisotopic (exact) mass is 314 g/mol. The Kier molecular flexibility index (Phi) is 4.37. The molecular formula is C18H22N2O3. The third kappa shape index (κ3) is 2.96. The molecule has 0 radical (unpaired) electrons. The lowest BCUT2D eigenvalue weighted by Gasteiger charge is -2.32. The smallest absolute Gasteiger partial charge is 0.337 e. The molecule has 2 aliphatic rings. The minimum absolute atomic E-state index is 0.0936. The van der Waals surface area contributed by atoms with Gasteiger partial charge in [-0.1, -0.05) is 37.3 Å². The summed E-state index contributed by atoms with van der Waals surface area (Å²) in [6, 6.07) is 10.1. The summed E-state index contributed by atoms with van der Waals surface area (Å²) in [7, 11) is 0. The molecule has 5 nitrogen and oxygen atoms in total. The van der Waals surface area contributed by atoms with Crippen molar-refractivity contribution in [1.82, 2.24) is 9.80 Å². The van der Waals surface area contributed by atoms with E-state index in [0.29, 0.717) is 31.7 Å². The predicted octanol–water partition coefficient (Wildman–Crippen LogP) is 2.15. The maximum absolute atomic E-state index is 12.4. The number of carbonyl (C=O) groups excluding carboxylic acids is 2. The second-order valence-electron chi connectivity index (χ2n) is 6.02. The van der Waals surface area contributed by atoms with Crippen LogP contribution in [0.2, 0.25) is 0 Å². The first-order valence-corrected chi connectivity index (χ1v) is 8.12. The molecule has 0 N–H and O–H groups in total. The number of hydrogen-bond donors (Lipinski definition) is 0. The zero-order valence-corrected chi connectivity index (χ0v) is 13.6. The van der Waals surface area contributed by atoms with E-state index in [2.05, 4.69) is 17.0 Å². The van der Waals surface area contributed by atoms with Crippen molar-refractivity contribution in [3.63, 3.8) is 0 Å². The van der Waals surface area contributed by atoms with E-state index in [1.807, 2.05) is 25.1 Å². The first-order chi connectivity index (χ1) is 11.1. The standard InChI is InChI=1S/C18H22N2O3/c1-3-23-18(22)16-13(2)11-15(21)20-10-9-19(17(16)20)12-14-7-5-4-6-8-14/h4-8,13H,3,9-12H2,1-2H3. The van der Waals surface area contributed by atoms with E-state index in [1.54, 1.807) is 11.8 Å². The second kappa shape index (κ2) is 6.44. The highest BCUT2D eigenvalue weighted by Crippen LogP contribution is 2.35. The van der Waals surface area contributed by atoms with Crippen LogP contribution in [-0.4, -0.2) is 41.4 Å². The van der Waals surface area contributed by atoms with Crippen LogP contribution in [0.3, 0.4) is 0 Å². The van der Waals surface area contributed by atoms with E-state index >= 15 is 0 Å². The highest BCUT2D eigenvalue weighted by molar-refractivity contribution is 5.94. The molecule has 2 heterocycles. The van der Waals surface area contributed by atoms with Gasteiger partial charge in [-0.15, -0.1) is 0 Å². The van der Waals surface area contributed by atoms with Crippen molar-refractivity contribution in [3.05, 3.63) is 47.3 Å². The number of carbonyl (C=O) groups is 2. The first-order valence-electron chi connectivity index (χ1n) is 8.12. The van der Waals surface area contributed by atoms with Crippen molar-refractivity contribution >= 4 is 11.9 Å². The lowest BCUT2D eigenvalue weighted by atomic mass is 9.93. The van der Waals surface area contributed by atoms with Crippen LogP contribution in [0.25, 0.3) is 0 Å². The van der Waals surface area contributed by atoms with Crippen LogP contribution in [0.4, 0.5) is 0 Å². The van der Waals surface area contributed by atoms with Crippen LogP contribution in [-0.2, 0) is 20.9 Å². The Morgan fingerprint density at radius 2 is 2.00 bits per heavy atom. The van der Waals surface area contributed by atoms with Crippen molar-refractivity contribution in [2.24, 2.45) is 5.92 Å². The maximum atomic E-state index is 12.4. The molecular weight excluding hydrogens is 292 g/mol. The number of rotatable bonds is 4. The second-order valence-corrected chi connectivity index (χ2v) is 6.02. The van der Waals surface area contributed by atoms with Gasteiger partial charge in [-0.3, -0.25) is 9.69 Å². The average molecular weight is 314 g/mol. The molecule has 1 atom stereocenters. The van der Waals surface area contributed by atoms with Gasteiger partial charge in [0.2, 0.25) is 5.91 Å². The molecule has 1 aromatic carbocycles. The zero-order valence-electron chi connectivity index (χ0n) is 13.6. The molecule has 1 saturated heterocycles. The number of ether oxygens (including phenoxy) is 1.